The number of fused-ring (bicyclic) bond motifs is 1. The topological polar surface area (TPSA) is 71.1 Å². The van der Waals surface area contributed by atoms with Crippen molar-refractivity contribution in [3.8, 4) is 0 Å². The van der Waals surface area contributed by atoms with Crippen LogP contribution in [0.15, 0.2) is 0 Å². The Morgan fingerprint density at radius 1 is 1.37 bits per heavy atom. The van der Waals surface area contributed by atoms with Gasteiger partial charge in [0.1, 0.15) is 0 Å². The summed E-state index contributed by atoms with van der Waals surface area (Å²) in [7, 11) is 0. The van der Waals surface area contributed by atoms with Gasteiger partial charge in [0.2, 0.25) is 11.8 Å². The molecule has 1 aliphatic rings. The van der Waals surface area contributed by atoms with Crippen molar-refractivity contribution in [2.75, 3.05) is 13.1 Å². The molecule has 1 aliphatic carbocycles. The molecule has 1 heterocycles. The second kappa shape index (κ2) is 6.14. The quantitative estimate of drug-likeness (QED) is 0.802. The Bertz CT molecular complexity index is 484. The van der Waals surface area contributed by atoms with E-state index in [2.05, 4.69) is 15.6 Å². The molecule has 104 valence electrons. The summed E-state index contributed by atoms with van der Waals surface area (Å²) in [5.41, 5.74) is 1.17. The SMILES string of the molecule is CC(=O)NCCNC(=O)C1CCc2nc(C)sc2C1. The Kier molecular flexibility index (Phi) is 4.52. The number of nitrogens with one attached hydrogen (secondary N) is 2. The van der Waals surface area contributed by atoms with E-state index in [0.29, 0.717) is 13.1 Å². The van der Waals surface area contributed by atoms with E-state index in [4.69, 9.17) is 0 Å². The lowest BCUT2D eigenvalue weighted by Crippen LogP contribution is -2.38. The summed E-state index contributed by atoms with van der Waals surface area (Å²) in [6.45, 7) is 4.45. The number of aryl methyl sites for hydroxylation is 2. The number of hydrogen-bond acceptors (Lipinski definition) is 4. The summed E-state index contributed by atoms with van der Waals surface area (Å²) in [5.74, 6) is 0.0587. The van der Waals surface area contributed by atoms with Gasteiger partial charge in [0.05, 0.1) is 10.7 Å². The van der Waals surface area contributed by atoms with Crippen LogP contribution in [0.2, 0.25) is 0 Å². The largest absolute Gasteiger partial charge is 0.355 e. The van der Waals surface area contributed by atoms with Crippen LogP contribution in [0.4, 0.5) is 0 Å². The molecule has 1 aromatic heterocycles. The third-order valence-corrected chi connectivity index (χ3v) is 4.25. The zero-order valence-electron chi connectivity index (χ0n) is 11.3. The third-order valence-electron chi connectivity index (χ3n) is 3.22. The van der Waals surface area contributed by atoms with E-state index in [1.165, 1.54) is 17.5 Å². The molecule has 1 unspecified atom stereocenters. The zero-order valence-corrected chi connectivity index (χ0v) is 12.1. The van der Waals surface area contributed by atoms with Crippen molar-refractivity contribution in [2.24, 2.45) is 5.92 Å². The Morgan fingerprint density at radius 2 is 2.11 bits per heavy atom. The molecule has 0 radical (unpaired) electrons. The summed E-state index contributed by atoms with van der Waals surface area (Å²) in [4.78, 5) is 28.5. The van der Waals surface area contributed by atoms with E-state index in [1.54, 1.807) is 11.3 Å². The summed E-state index contributed by atoms with van der Waals surface area (Å²) in [6.07, 6.45) is 2.55. The van der Waals surface area contributed by atoms with Crippen molar-refractivity contribution in [2.45, 2.75) is 33.1 Å². The molecule has 2 rings (SSSR count). The van der Waals surface area contributed by atoms with Gasteiger partial charge in [-0.3, -0.25) is 9.59 Å². The van der Waals surface area contributed by atoms with Crippen LogP contribution in [-0.2, 0) is 22.4 Å². The van der Waals surface area contributed by atoms with Crippen molar-refractivity contribution >= 4 is 23.2 Å². The lowest BCUT2D eigenvalue weighted by Gasteiger charge is -2.20. The summed E-state index contributed by atoms with van der Waals surface area (Å²) < 4.78 is 0. The minimum Gasteiger partial charge on any atom is -0.355 e. The number of rotatable bonds is 4. The molecular formula is C13H19N3O2S. The van der Waals surface area contributed by atoms with Crippen molar-refractivity contribution in [3.05, 3.63) is 15.6 Å². The number of carbonyl (C=O) groups excluding carboxylic acids is 2. The highest BCUT2D eigenvalue weighted by atomic mass is 32.1. The third kappa shape index (κ3) is 3.76. The van der Waals surface area contributed by atoms with E-state index in [-0.39, 0.29) is 17.7 Å². The van der Waals surface area contributed by atoms with E-state index >= 15 is 0 Å². The Labute approximate surface area is 116 Å². The van der Waals surface area contributed by atoms with Crippen LogP contribution in [0.3, 0.4) is 0 Å². The molecule has 6 heteroatoms. The van der Waals surface area contributed by atoms with E-state index in [9.17, 15) is 9.59 Å². The Balaban J connectivity index is 1.80. The second-order valence-electron chi connectivity index (χ2n) is 4.82. The molecule has 5 nitrogen and oxygen atoms in total. The number of carbonyl (C=O) groups is 2. The summed E-state index contributed by atoms with van der Waals surface area (Å²) in [5, 5.41) is 6.62. The zero-order chi connectivity index (χ0) is 13.8. The van der Waals surface area contributed by atoms with Gasteiger partial charge in [-0.2, -0.15) is 0 Å². The van der Waals surface area contributed by atoms with Crippen LogP contribution in [0.25, 0.3) is 0 Å². The maximum absolute atomic E-state index is 12.0. The molecule has 0 saturated heterocycles. The summed E-state index contributed by atoms with van der Waals surface area (Å²) >= 11 is 1.70. The summed E-state index contributed by atoms with van der Waals surface area (Å²) in [6, 6.07) is 0. The Morgan fingerprint density at radius 3 is 2.84 bits per heavy atom. The number of nitrogens with zero attached hydrogens (tertiary/aromatic N) is 1. The second-order valence-corrected chi connectivity index (χ2v) is 6.10. The molecule has 0 fully saturated rings. The molecule has 2 N–H and O–H groups in total. The Hall–Kier alpha value is -1.43. The normalized spacial score (nSPS) is 17.7. The monoisotopic (exact) mass is 281 g/mol. The van der Waals surface area contributed by atoms with Crippen molar-refractivity contribution in [1.29, 1.82) is 0 Å². The van der Waals surface area contributed by atoms with Crippen molar-refractivity contribution < 1.29 is 9.59 Å². The predicted octanol–water partition coefficient (Wildman–Crippen LogP) is 0.809. The maximum atomic E-state index is 12.0. The molecule has 1 aromatic rings. The van der Waals surface area contributed by atoms with Crippen LogP contribution in [-0.4, -0.2) is 29.9 Å². The highest BCUT2D eigenvalue weighted by molar-refractivity contribution is 7.11. The highest BCUT2D eigenvalue weighted by Gasteiger charge is 2.26. The molecule has 1 atom stereocenters. The van der Waals surface area contributed by atoms with Crippen LogP contribution in [0.5, 0.6) is 0 Å². The first-order valence-corrected chi connectivity index (χ1v) is 7.35. The average Bonchev–Trinajstić information content (AvgIpc) is 2.73. The lowest BCUT2D eigenvalue weighted by molar-refractivity contribution is -0.125. The van der Waals surface area contributed by atoms with Gasteiger partial charge in [-0.05, 0) is 26.2 Å². The number of thiazole rings is 1. The van der Waals surface area contributed by atoms with Crippen LogP contribution < -0.4 is 10.6 Å². The molecular weight excluding hydrogens is 262 g/mol. The lowest BCUT2D eigenvalue weighted by atomic mass is 9.90. The standard InChI is InChI=1S/C13H19N3O2S/c1-8(17)14-5-6-15-13(18)10-3-4-11-12(7-10)19-9(2)16-11/h10H,3-7H2,1-2H3,(H,14,17)(H,15,18). The molecule has 2 amide bonds. The van der Waals surface area contributed by atoms with Crippen LogP contribution in [0, 0.1) is 12.8 Å². The van der Waals surface area contributed by atoms with Gasteiger partial charge in [0, 0.05) is 30.8 Å². The smallest absolute Gasteiger partial charge is 0.223 e. The fourth-order valence-electron chi connectivity index (χ4n) is 2.30. The molecule has 0 saturated carbocycles. The highest BCUT2D eigenvalue weighted by Crippen LogP contribution is 2.29. The first kappa shape index (κ1) is 14.0. The minimum atomic E-state index is -0.0725. The van der Waals surface area contributed by atoms with Gasteiger partial charge in [0.15, 0.2) is 0 Å². The van der Waals surface area contributed by atoms with Gasteiger partial charge in [-0.15, -0.1) is 11.3 Å². The molecule has 0 bridgehead atoms. The van der Waals surface area contributed by atoms with Crippen LogP contribution in [0.1, 0.15) is 28.9 Å². The molecule has 0 aromatic carbocycles. The fraction of sp³-hybridized carbons (Fsp3) is 0.615. The van der Waals surface area contributed by atoms with Gasteiger partial charge >= 0.3 is 0 Å². The van der Waals surface area contributed by atoms with Crippen molar-refractivity contribution in [3.63, 3.8) is 0 Å². The van der Waals surface area contributed by atoms with E-state index in [1.807, 2.05) is 6.92 Å². The average molecular weight is 281 g/mol. The number of hydrogen-bond donors (Lipinski definition) is 2. The maximum Gasteiger partial charge on any atom is 0.223 e. The van der Waals surface area contributed by atoms with Crippen LogP contribution >= 0.6 is 11.3 Å². The molecule has 0 spiro atoms. The van der Waals surface area contributed by atoms with E-state index in [0.717, 1.165) is 24.3 Å². The predicted molar refractivity (Wildman–Crippen MR) is 74.1 cm³/mol. The van der Waals surface area contributed by atoms with E-state index < -0.39 is 0 Å². The van der Waals surface area contributed by atoms with Gasteiger partial charge < -0.3 is 10.6 Å². The first-order chi connectivity index (χ1) is 9.06. The van der Waals surface area contributed by atoms with Gasteiger partial charge in [-0.25, -0.2) is 4.98 Å². The van der Waals surface area contributed by atoms with Crippen molar-refractivity contribution in [1.82, 2.24) is 15.6 Å². The number of aromatic nitrogens is 1. The first-order valence-electron chi connectivity index (χ1n) is 6.53. The van der Waals surface area contributed by atoms with Gasteiger partial charge in [0.25, 0.3) is 0 Å². The number of amides is 2. The molecule has 19 heavy (non-hydrogen) atoms. The minimum absolute atomic E-state index is 0.0460. The molecule has 0 aliphatic heterocycles. The van der Waals surface area contributed by atoms with Gasteiger partial charge in [-0.1, -0.05) is 0 Å². The fourth-order valence-corrected chi connectivity index (χ4v) is 3.36.